The number of ketones is 1. The number of rotatable bonds is 9. The smallest absolute Gasteiger partial charge is 0.189 e. The molecule has 4 bridgehead atoms. The highest BCUT2D eigenvalue weighted by molar-refractivity contribution is 6.15. The molecule has 0 N–H and O–H groups in total. The molecule has 0 radical (unpaired) electrons. The Hall–Kier alpha value is -5.47. The molecule has 2 nitrogen and oxygen atoms in total. The molecule has 0 spiro atoms. The fourth-order valence-electron chi connectivity index (χ4n) is 11.1. The van der Waals surface area contributed by atoms with Gasteiger partial charge in [0.25, 0.3) is 0 Å². The van der Waals surface area contributed by atoms with Crippen LogP contribution in [0.25, 0.3) is 6.08 Å². The summed E-state index contributed by atoms with van der Waals surface area (Å²) in [5, 5.41) is 0. The SMILES string of the molecule is CCCCCCCCOc1c2c(c(/C=C3\Cc4ccccc4C3=O)c3c1C1c4ccccc4C3c3ccccc31)C1c3ccccc3C2c2ccccc21. The summed E-state index contributed by atoms with van der Waals surface area (Å²) in [5.41, 5.74) is 20.6. The lowest BCUT2D eigenvalue weighted by molar-refractivity contribution is 0.104. The second-order valence-corrected chi connectivity index (χ2v) is 16.1. The zero-order chi connectivity index (χ0) is 35.9. The minimum atomic E-state index is 0.0516. The number of hydrogen-bond acceptors (Lipinski definition) is 2. The molecule has 0 fully saturated rings. The number of Topliss-reactive ketones (excluding diaryl/α,β-unsaturated/α-hetero) is 1. The van der Waals surface area contributed by atoms with Gasteiger partial charge in [-0.25, -0.2) is 0 Å². The first kappa shape index (κ1) is 32.0. The minimum absolute atomic E-state index is 0.0516. The average Bonchev–Trinajstić information content (AvgIpc) is 3.54. The number of ether oxygens (including phenoxy) is 1. The van der Waals surface area contributed by atoms with Crippen molar-refractivity contribution in [3.63, 3.8) is 0 Å². The van der Waals surface area contributed by atoms with Gasteiger partial charge in [0.2, 0.25) is 0 Å². The van der Waals surface area contributed by atoms with E-state index in [0.29, 0.717) is 13.0 Å². The average molecular weight is 701 g/mol. The summed E-state index contributed by atoms with van der Waals surface area (Å²) >= 11 is 0. The van der Waals surface area contributed by atoms with Crippen molar-refractivity contribution in [3.05, 3.63) is 210 Å². The largest absolute Gasteiger partial charge is 0.493 e. The van der Waals surface area contributed by atoms with Crippen molar-refractivity contribution in [2.24, 2.45) is 0 Å². The zero-order valence-electron chi connectivity index (χ0n) is 30.9. The van der Waals surface area contributed by atoms with Crippen LogP contribution in [0.3, 0.4) is 0 Å². The predicted molar refractivity (Wildman–Crippen MR) is 217 cm³/mol. The van der Waals surface area contributed by atoms with E-state index in [2.05, 4.69) is 122 Å². The molecule has 13 rings (SSSR count). The van der Waals surface area contributed by atoms with Crippen LogP contribution in [0.4, 0.5) is 0 Å². The first-order valence-electron chi connectivity index (χ1n) is 20.3. The molecule has 6 aromatic rings. The molecule has 7 aliphatic rings. The van der Waals surface area contributed by atoms with Crippen molar-refractivity contribution in [3.8, 4) is 5.75 Å². The fraction of sp³-hybridized carbons (Fsp3) is 0.250. The van der Waals surface area contributed by atoms with Gasteiger partial charge in [-0.3, -0.25) is 4.79 Å². The molecule has 0 aliphatic heterocycles. The Bertz CT molecular complexity index is 2330. The Morgan fingerprint density at radius 3 is 1.39 bits per heavy atom. The Morgan fingerprint density at radius 2 is 0.926 bits per heavy atom. The monoisotopic (exact) mass is 700 g/mol. The second kappa shape index (κ2) is 12.6. The zero-order valence-corrected chi connectivity index (χ0v) is 30.9. The standard InChI is InChI=1S/C52H44O2/c1-2-3-4-5-6-17-28-54-52-49-45-38-24-13-9-20-34(38)43(35-21-10-14-25-39(35)45)47(49)42(30-32-29-31-18-7-8-19-33(31)51(32)53)48-44-36-22-11-15-26-40(36)46(50(48)52)41-27-16-12-23-37(41)44/h7-16,18-27,30,43-46H,2-6,17,28-29H2,1H3/b32-30+. The lowest BCUT2D eigenvalue weighted by atomic mass is 9.54. The fourth-order valence-corrected chi connectivity index (χ4v) is 11.1. The number of hydrogen-bond donors (Lipinski definition) is 0. The Kier molecular flexibility index (Phi) is 7.44. The minimum Gasteiger partial charge on any atom is -0.493 e. The number of carbonyl (C=O) groups excluding carboxylic acids is 1. The van der Waals surface area contributed by atoms with Gasteiger partial charge in [-0.2, -0.15) is 0 Å². The molecule has 54 heavy (non-hydrogen) atoms. The van der Waals surface area contributed by atoms with Gasteiger partial charge >= 0.3 is 0 Å². The summed E-state index contributed by atoms with van der Waals surface area (Å²) < 4.78 is 7.38. The third-order valence-corrected chi connectivity index (χ3v) is 13.3. The maximum atomic E-state index is 14.3. The molecule has 0 amide bonds. The maximum absolute atomic E-state index is 14.3. The Balaban J connectivity index is 1.22. The van der Waals surface area contributed by atoms with E-state index in [-0.39, 0.29) is 29.5 Å². The molecule has 2 heteroatoms. The highest BCUT2D eigenvalue weighted by Crippen LogP contribution is 2.66. The van der Waals surface area contributed by atoms with E-state index in [1.807, 2.05) is 12.1 Å². The van der Waals surface area contributed by atoms with E-state index in [0.717, 1.165) is 28.9 Å². The summed E-state index contributed by atoms with van der Waals surface area (Å²) in [4.78, 5) is 14.3. The predicted octanol–water partition coefficient (Wildman–Crippen LogP) is 12.2. The van der Waals surface area contributed by atoms with Gasteiger partial charge < -0.3 is 4.74 Å². The molecular formula is C52H44O2. The highest BCUT2D eigenvalue weighted by Gasteiger charge is 2.51. The number of fused-ring (bicyclic) bond motifs is 1. The van der Waals surface area contributed by atoms with Crippen LogP contribution in [0, 0.1) is 0 Å². The quantitative estimate of drug-likeness (QED) is 0.111. The summed E-state index contributed by atoms with van der Waals surface area (Å²) in [5.74, 6) is 1.49. The van der Waals surface area contributed by atoms with Crippen molar-refractivity contribution in [1.82, 2.24) is 0 Å². The van der Waals surface area contributed by atoms with E-state index in [4.69, 9.17) is 4.74 Å². The summed E-state index contributed by atoms with van der Waals surface area (Å²) in [7, 11) is 0. The normalized spacial score (nSPS) is 20.8. The van der Waals surface area contributed by atoms with Crippen LogP contribution in [-0.2, 0) is 6.42 Å². The molecule has 6 aromatic carbocycles. The molecule has 0 aromatic heterocycles. The van der Waals surface area contributed by atoms with Crippen LogP contribution in [0.5, 0.6) is 5.75 Å². The number of benzene rings is 6. The molecule has 0 heterocycles. The van der Waals surface area contributed by atoms with Crippen LogP contribution in [0.15, 0.2) is 127 Å². The van der Waals surface area contributed by atoms with E-state index in [1.54, 1.807) is 0 Å². The van der Waals surface area contributed by atoms with Crippen LogP contribution in [0.2, 0.25) is 0 Å². The molecule has 0 atom stereocenters. The highest BCUT2D eigenvalue weighted by atomic mass is 16.5. The summed E-state index contributed by atoms with van der Waals surface area (Å²) in [6, 6.07) is 44.7. The van der Waals surface area contributed by atoms with Crippen LogP contribution >= 0.6 is 0 Å². The topological polar surface area (TPSA) is 26.3 Å². The Labute approximate surface area is 318 Å². The molecule has 0 unspecified atom stereocenters. The van der Waals surface area contributed by atoms with Crippen molar-refractivity contribution < 1.29 is 9.53 Å². The molecule has 0 saturated heterocycles. The van der Waals surface area contributed by atoms with Gasteiger partial charge in [0, 0.05) is 52.4 Å². The van der Waals surface area contributed by atoms with Gasteiger partial charge in [0.1, 0.15) is 5.75 Å². The molecular weight excluding hydrogens is 657 g/mol. The Morgan fingerprint density at radius 1 is 0.519 bits per heavy atom. The van der Waals surface area contributed by atoms with Crippen molar-refractivity contribution in [1.29, 1.82) is 0 Å². The van der Waals surface area contributed by atoms with E-state index >= 15 is 0 Å². The van der Waals surface area contributed by atoms with E-state index in [9.17, 15) is 4.79 Å². The second-order valence-electron chi connectivity index (χ2n) is 16.1. The van der Waals surface area contributed by atoms with Gasteiger partial charge in [0.05, 0.1) is 6.61 Å². The first-order chi connectivity index (χ1) is 26.7. The molecule has 264 valence electrons. The maximum Gasteiger partial charge on any atom is 0.189 e. The first-order valence-corrected chi connectivity index (χ1v) is 20.3. The molecule has 0 saturated carbocycles. The third kappa shape index (κ3) is 4.49. The summed E-state index contributed by atoms with van der Waals surface area (Å²) in [6.07, 6.45) is 10.4. The van der Waals surface area contributed by atoms with Crippen molar-refractivity contribution in [2.45, 2.75) is 75.5 Å². The van der Waals surface area contributed by atoms with Crippen LogP contribution in [0.1, 0.15) is 157 Å². The molecule has 7 aliphatic carbocycles. The van der Waals surface area contributed by atoms with Crippen molar-refractivity contribution in [2.75, 3.05) is 6.61 Å². The third-order valence-electron chi connectivity index (χ3n) is 13.3. The van der Waals surface area contributed by atoms with Crippen molar-refractivity contribution >= 4 is 11.9 Å². The van der Waals surface area contributed by atoms with Crippen LogP contribution in [-0.4, -0.2) is 12.4 Å². The number of allylic oxidation sites excluding steroid dienone is 1. The lowest BCUT2D eigenvalue weighted by Gasteiger charge is -2.49. The lowest BCUT2D eigenvalue weighted by Crippen LogP contribution is -2.34. The van der Waals surface area contributed by atoms with Gasteiger partial charge in [-0.1, -0.05) is 160 Å². The van der Waals surface area contributed by atoms with Gasteiger partial charge in [0.15, 0.2) is 5.78 Å². The summed E-state index contributed by atoms with van der Waals surface area (Å²) in [6.45, 7) is 2.99. The van der Waals surface area contributed by atoms with E-state index in [1.165, 1.54) is 104 Å². The number of carbonyl (C=O) groups is 1. The van der Waals surface area contributed by atoms with Gasteiger partial charge in [-0.15, -0.1) is 0 Å². The van der Waals surface area contributed by atoms with E-state index < -0.39 is 0 Å². The van der Waals surface area contributed by atoms with Crippen LogP contribution < -0.4 is 4.74 Å². The number of unbranched alkanes of at least 4 members (excludes halogenated alkanes) is 5. The van der Waals surface area contributed by atoms with Gasteiger partial charge in [-0.05, 0) is 79.3 Å².